The van der Waals surface area contributed by atoms with Gasteiger partial charge in [0.1, 0.15) is 0 Å². The molecule has 6 heteroatoms. The monoisotopic (exact) mass is 443 g/mol. The van der Waals surface area contributed by atoms with Crippen molar-refractivity contribution in [1.82, 2.24) is 15.5 Å². The molecule has 1 fully saturated rings. The Morgan fingerprint density at radius 1 is 0.758 bits per heavy atom. The topological polar surface area (TPSA) is 70.7 Å². The molecule has 0 spiro atoms. The maximum absolute atomic E-state index is 13.3. The van der Waals surface area contributed by atoms with Crippen LogP contribution in [-0.2, 0) is 9.53 Å². The largest absolute Gasteiger partial charge is 0.378 e. The van der Waals surface area contributed by atoms with Crippen molar-refractivity contribution in [3.05, 3.63) is 108 Å². The Labute approximate surface area is 194 Å². The number of amides is 3. The molecular formula is C27H29N3O3. The maximum Gasteiger partial charge on any atom is 0.315 e. The van der Waals surface area contributed by atoms with Gasteiger partial charge in [0, 0.05) is 19.6 Å². The predicted molar refractivity (Wildman–Crippen MR) is 128 cm³/mol. The third kappa shape index (κ3) is 5.99. The number of urea groups is 1. The normalized spacial score (nSPS) is 14.5. The van der Waals surface area contributed by atoms with Crippen molar-refractivity contribution in [3.63, 3.8) is 0 Å². The summed E-state index contributed by atoms with van der Waals surface area (Å²) >= 11 is 0. The van der Waals surface area contributed by atoms with E-state index < -0.39 is 5.92 Å². The fourth-order valence-corrected chi connectivity index (χ4v) is 4.06. The highest BCUT2D eigenvalue weighted by Crippen LogP contribution is 2.22. The summed E-state index contributed by atoms with van der Waals surface area (Å²) in [5.41, 5.74) is 2.86. The van der Waals surface area contributed by atoms with Gasteiger partial charge in [0.15, 0.2) is 0 Å². The molecule has 0 saturated carbocycles. The van der Waals surface area contributed by atoms with Crippen molar-refractivity contribution in [2.45, 2.75) is 12.0 Å². The average Bonchev–Trinajstić information content (AvgIpc) is 2.89. The molecule has 3 aromatic rings. The summed E-state index contributed by atoms with van der Waals surface area (Å²) in [5.74, 6) is -0.450. The van der Waals surface area contributed by atoms with Gasteiger partial charge in [0.2, 0.25) is 5.91 Å². The van der Waals surface area contributed by atoms with E-state index in [1.807, 2.05) is 95.9 Å². The van der Waals surface area contributed by atoms with Crippen molar-refractivity contribution in [2.24, 2.45) is 0 Å². The average molecular weight is 444 g/mol. The highest BCUT2D eigenvalue weighted by Gasteiger charge is 2.28. The molecular weight excluding hydrogens is 414 g/mol. The first-order valence-corrected chi connectivity index (χ1v) is 11.3. The second-order valence-electron chi connectivity index (χ2n) is 8.01. The van der Waals surface area contributed by atoms with Gasteiger partial charge in [-0.25, -0.2) is 4.79 Å². The molecule has 3 amide bonds. The molecule has 1 heterocycles. The summed E-state index contributed by atoms with van der Waals surface area (Å²) in [6.45, 7) is 2.42. The highest BCUT2D eigenvalue weighted by atomic mass is 16.5. The Morgan fingerprint density at radius 2 is 1.24 bits per heavy atom. The molecule has 1 aliphatic heterocycles. The van der Waals surface area contributed by atoms with Gasteiger partial charge in [-0.3, -0.25) is 4.79 Å². The first-order valence-electron chi connectivity index (χ1n) is 11.3. The standard InChI is InChI=1S/C27H29N3O3/c31-26(30-16-18-33-19-17-30)24(21-10-4-1-5-11-21)20-28-27(32)29-25(22-12-6-2-7-13-22)23-14-8-3-9-15-23/h1-15,24-25H,16-20H2,(H2,28,29,32). The van der Waals surface area contributed by atoms with Crippen LogP contribution in [-0.4, -0.2) is 49.7 Å². The minimum atomic E-state index is -0.457. The third-order valence-corrected chi connectivity index (χ3v) is 5.83. The fourth-order valence-electron chi connectivity index (χ4n) is 4.06. The van der Waals surface area contributed by atoms with Crippen LogP contribution in [0.2, 0.25) is 0 Å². The van der Waals surface area contributed by atoms with Crippen molar-refractivity contribution < 1.29 is 14.3 Å². The van der Waals surface area contributed by atoms with E-state index in [-0.39, 0.29) is 24.5 Å². The van der Waals surface area contributed by atoms with Crippen LogP contribution in [0.5, 0.6) is 0 Å². The van der Waals surface area contributed by atoms with Crippen LogP contribution in [0.3, 0.4) is 0 Å². The number of carbonyl (C=O) groups is 2. The number of hydrogen-bond acceptors (Lipinski definition) is 3. The van der Waals surface area contributed by atoms with E-state index >= 15 is 0 Å². The Kier molecular flexibility index (Phi) is 7.72. The van der Waals surface area contributed by atoms with Crippen molar-refractivity contribution in [2.75, 3.05) is 32.8 Å². The minimum absolute atomic E-state index is 0.00692. The lowest BCUT2D eigenvalue weighted by molar-refractivity contribution is -0.136. The van der Waals surface area contributed by atoms with Crippen LogP contribution < -0.4 is 10.6 Å². The van der Waals surface area contributed by atoms with Crippen molar-refractivity contribution in [3.8, 4) is 0 Å². The molecule has 0 radical (unpaired) electrons. The summed E-state index contributed by atoms with van der Waals surface area (Å²) in [6, 6.07) is 28.7. The molecule has 170 valence electrons. The second kappa shape index (κ2) is 11.3. The summed E-state index contributed by atoms with van der Waals surface area (Å²) in [4.78, 5) is 28.1. The van der Waals surface area contributed by atoms with Gasteiger partial charge >= 0.3 is 6.03 Å². The number of rotatable bonds is 7. The first-order chi connectivity index (χ1) is 16.2. The molecule has 6 nitrogen and oxygen atoms in total. The van der Waals surface area contributed by atoms with Gasteiger partial charge in [-0.05, 0) is 16.7 Å². The lowest BCUT2D eigenvalue weighted by Gasteiger charge is -2.31. The molecule has 1 aliphatic rings. The van der Waals surface area contributed by atoms with Gasteiger partial charge < -0.3 is 20.3 Å². The van der Waals surface area contributed by atoms with Crippen LogP contribution in [0.1, 0.15) is 28.7 Å². The van der Waals surface area contributed by atoms with Gasteiger partial charge in [-0.1, -0.05) is 91.0 Å². The Morgan fingerprint density at radius 3 is 1.76 bits per heavy atom. The van der Waals surface area contributed by atoms with E-state index in [9.17, 15) is 9.59 Å². The zero-order valence-electron chi connectivity index (χ0n) is 18.5. The lowest BCUT2D eigenvalue weighted by Crippen LogP contribution is -2.47. The lowest BCUT2D eigenvalue weighted by atomic mass is 9.97. The van der Waals surface area contributed by atoms with Crippen LogP contribution in [0.25, 0.3) is 0 Å². The Hall–Kier alpha value is -3.64. The molecule has 0 aliphatic carbocycles. The summed E-state index contributed by atoms with van der Waals surface area (Å²) in [7, 11) is 0. The van der Waals surface area contributed by atoms with E-state index in [2.05, 4.69) is 10.6 Å². The van der Waals surface area contributed by atoms with E-state index in [0.29, 0.717) is 26.3 Å². The van der Waals surface area contributed by atoms with E-state index in [4.69, 9.17) is 4.74 Å². The van der Waals surface area contributed by atoms with Crippen LogP contribution in [0, 0.1) is 0 Å². The fraction of sp³-hybridized carbons (Fsp3) is 0.259. The molecule has 0 aromatic heterocycles. The number of ether oxygens (including phenoxy) is 1. The van der Waals surface area contributed by atoms with Crippen LogP contribution >= 0.6 is 0 Å². The number of benzene rings is 3. The minimum Gasteiger partial charge on any atom is -0.378 e. The van der Waals surface area contributed by atoms with Crippen LogP contribution in [0.15, 0.2) is 91.0 Å². The SMILES string of the molecule is O=C(NCC(C(=O)N1CCOCC1)c1ccccc1)NC(c1ccccc1)c1ccccc1. The molecule has 4 rings (SSSR count). The summed E-state index contributed by atoms with van der Waals surface area (Å²) in [5, 5.41) is 6.02. The highest BCUT2D eigenvalue weighted by molar-refractivity contribution is 5.85. The Balaban J connectivity index is 1.47. The zero-order chi connectivity index (χ0) is 22.9. The second-order valence-corrected chi connectivity index (χ2v) is 8.01. The van der Waals surface area contributed by atoms with Crippen LogP contribution in [0.4, 0.5) is 4.79 Å². The predicted octanol–water partition coefficient (Wildman–Crippen LogP) is 3.72. The number of hydrogen-bond donors (Lipinski definition) is 2. The smallest absolute Gasteiger partial charge is 0.315 e. The van der Waals surface area contributed by atoms with Gasteiger partial charge in [-0.15, -0.1) is 0 Å². The Bertz CT molecular complexity index is 983. The number of carbonyl (C=O) groups excluding carboxylic acids is 2. The molecule has 1 saturated heterocycles. The number of nitrogens with zero attached hydrogens (tertiary/aromatic N) is 1. The third-order valence-electron chi connectivity index (χ3n) is 5.83. The van der Waals surface area contributed by atoms with E-state index in [1.54, 1.807) is 0 Å². The van der Waals surface area contributed by atoms with Crippen molar-refractivity contribution in [1.29, 1.82) is 0 Å². The molecule has 0 bridgehead atoms. The van der Waals surface area contributed by atoms with E-state index in [0.717, 1.165) is 16.7 Å². The molecule has 1 atom stereocenters. The summed E-state index contributed by atoms with van der Waals surface area (Å²) in [6.07, 6.45) is 0. The van der Waals surface area contributed by atoms with Crippen molar-refractivity contribution >= 4 is 11.9 Å². The van der Waals surface area contributed by atoms with Gasteiger partial charge in [0.25, 0.3) is 0 Å². The molecule has 2 N–H and O–H groups in total. The summed E-state index contributed by atoms with van der Waals surface area (Å²) < 4.78 is 5.39. The number of nitrogens with one attached hydrogen (secondary N) is 2. The molecule has 3 aromatic carbocycles. The van der Waals surface area contributed by atoms with Gasteiger partial charge in [0.05, 0.1) is 25.2 Å². The molecule has 1 unspecified atom stereocenters. The number of morpholine rings is 1. The zero-order valence-corrected chi connectivity index (χ0v) is 18.5. The molecule has 33 heavy (non-hydrogen) atoms. The maximum atomic E-state index is 13.3. The van der Waals surface area contributed by atoms with E-state index in [1.165, 1.54) is 0 Å². The first kappa shape index (κ1) is 22.6. The quantitative estimate of drug-likeness (QED) is 0.585. The van der Waals surface area contributed by atoms with Gasteiger partial charge in [-0.2, -0.15) is 0 Å².